The van der Waals surface area contributed by atoms with Crippen LogP contribution in [0.15, 0.2) is 33.8 Å². The van der Waals surface area contributed by atoms with E-state index in [0.29, 0.717) is 39.6 Å². The number of nitrogens with zero attached hydrogens (tertiary/aromatic N) is 6. The fraction of sp³-hybridized carbons (Fsp3) is 0.273. The van der Waals surface area contributed by atoms with Gasteiger partial charge in [-0.05, 0) is 31.9 Å². The van der Waals surface area contributed by atoms with Gasteiger partial charge in [0, 0.05) is 18.5 Å². The molecule has 5 rings (SSSR count). The van der Waals surface area contributed by atoms with Gasteiger partial charge in [0.15, 0.2) is 0 Å². The van der Waals surface area contributed by atoms with Gasteiger partial charge in [-0.2, -0.15) is 4.98 Å². The summed E-state index contributed by atoms with van der Waals surface area (Å²) < 4.78 is 6.83. The summed E-state index contributed by atoms with van der Waals surface area (Å²) in [4.78, 5) is 30.9. The minimum absolute atomic E-state index is 0.0966. The standard InChI is InChI=1S/C22H20N8O2/c1-4-13-6-5-7-15-16(13)22(31)30(14-8-9-14)21(28-15)11(2)26-19-17(18(23)24-10-25-19)20-27-12(3)32-29-20/h1,5-7,10-11,14H,8-9H2,2-3H3,(H3,23,24,25,26)/t11-/m0/s1. The smallest absolute Gasteiger partial charge is 0.262 e. The van der Waals surface area contributed by atoms with Crippen molar-refractivity contribution in [1.29, 1.82) is 0 Å². The van der Waals surface area contributed by atoms with Crippen LogP contribution >= 0.6 is 0 Å². The molecule has 10 heteroatoms. The van der Waals surface area contributed by atoms with Gasteiger partial charge in [-0.1, -0.05) is 17.1 Å². The Balaban J connectivity index is 1.62. The normalized spacial score (nSPS) is 14.3. The van der Waals surface area contributed by atoms with E-state index in [9.17, 15) is 4.79 Å². The van der Waals surface area contributed by atoms with Gasteiger partial charge in [-0.25, -0.2) is 15.0 Å². The van der Waals surface area contributed by atoms with Crippen LogP contribution in [0.25, 0.3) is 22.3 Å². The number of hydrogen-bond donors (Lipinski definition) is 2. The van der Waals surface area contributed by atoms with Crippen molar-refractivity contribution in [2.45, 2.75) is 38.8 Å². The lowest BCUT2D eigenvalue weighted by Crippen LogP contribution is -2.28. The van der Waals surface area contributed by atoms with E-state index in [0.717, 1.165) is 12.8 Å². The molecule has 1 atom stereocenters. The molecular formula is C22H20N8O2. The topological polar surface area (TPSA) is 138 Å². The lowest BCUT2D eigenvalue weighted by Gasteiger charge is -2.21. The van der Waals surface area contributed by atoms with Crippen LogP contribution in [-0.4, -0.2) is 29.7 Å². The Morgan fingerprint density at radius 3 is 2.81 bits per heavy atom. The summed E-state index contributed by atoms with van der Waals surface area (Å²) in [6, 6.07) is 5.06. The van der Waals surface area contributed by atoms with Crippen molar-refractivity contribution >= 4 is 22.5 Å². The number of anilines is 2. The SMILES string of the molecule is C#Cc1cccc2nc([C@H](C)Nc3ncnc(N)c3-c3noc(C)n3)n(C3CC3)c(=O)c12. The fourth-order valence-electron chi connectivity index (χ4n) is 3.77. The van der Waals surface area contributed by atoms with Crippen molar-refractivity contribution in [1.82, 2.24) is 29.7 Å². The van der Waals surface area contributed by atoms with Gasteiger partial charge in [-0.3, -0.25) is 9.36 Å². The highest BCUT2D eigenvalue weighted by Crippen LogP contribution is 2.37. The first-order chi connectivity index (χ1) is 15.5. The van der Waals surface area contributed by atoms with Crippen LogP contribution in [0.4, 0.5) is 11.6 Å². The number of nitrogen functional groups attached to an aromatic ring is 1. The Hall–Kier alpha value is -4.26. The molecule has 1 aliphatic carbocycles. The largest absolute Gasteiger partial charge is 0.383 e. The average molecular weight is 428 g/mol. The van der Waals surface area contributed by atoms with Gasteiger partial charge < -0.3 is 15.6 Å². The molecule has 0 unspecified atom stereocenters. The summed E-state index contributed by atoms with van der Waals surface area (Å²) in [5, 5.41) is 7.71. The third kappa shape index (κ3) is 3.24. The predicted octanol–water partition coefficient (Wildman–Crippen LogP) is 2.62. The highest BCUT2D eigenvalue weighted by Gasteiger charge is 2.31. The maximum atomic E-state index is 13.4. The van der Waals surface area contributed by atoms with Crippen molar-refractivity contribution in [3.63, 3.8) is 0 Å². The van der Waals surface area contributed by atoms with E-state index in [1.54, 1.807) is 29.7 Å². The van der Waals surface area contributed by atoms with E-state index in [2.05, 4.69) is 31.3 Å². The monoisotopic (exact) mass is 428 g/mol. The Morgan fingerprint density at radius 1 is 1.31 bits per heavy atom. The number of terminal acetylenes is 1. The van der Waals surface area contributed by atoms with Crippen molar-refractivity contribution in [2.24, 2.45) is 0 Å². The molecule has 4 aromatic rings. The van der Waals surface area contributed by atoms with Crippen molar-refractivity contribution < 1.29 is 4.52 Å². The van der Waals surface area contributed by atoms with Crippen LogP contribution in [0.5, 0.6) is 0 Å². The third-order valence-corrected chi connectivity index (χ3v) is 5.39. The minimum Gasteiger partial charge on any atom is -0.383 e. The summed E-state index contributed by atoms with van der Waals surface area (Å²) in [5.41, 5.74) is 7.48. The minimum atomic E-state index is -0.386. The third-order valence-electron chi connectivity index (χ3n) is 5.39. The predicted molar refractivity (Wildman–Crippen MR) is 119 cm³/mol. The first-order valence-electron chi connectivity index (χ1n) is 10.2. The van der Waals surface area contributed by atoms with E-state index in [1.165, 1.54) is 6.33 Å². The van der Waals surface area contributed by atoms with E-state index < -0.39 is 0 Å². The van der Waals surface area contributed by atoms with Gasteiger partial charge in [0.1, 0.15) is 29.4 Å². The molecule has 160 valence electrons. The molecule has 1 aromatic carbocycles. The number of benzene rings is 1. The lowest BCUT2D eigenvalue weighted by molar-refractivity contribution is 0.394. The van der Waals surface area contributed by atoms with Crippen LogP contribution in [0.2, 0.25) is 0 Å². The molecule has 0 saturated heterocycles. The zero-order valence-corrected chi connectivity index (χ0v) is 17.5. The zero-order valence-electron chi connectivity index (χ0n) is 17.5. The van der Waals surface area contributed by atoms with Gasteiger partial charge in [0.05, 0.1) is 16.9 Å². The molecule has 3 N–H and O–H groups in total. The maximum absolute atomic E-state index is 13.4. The molecule has 3 heterocycles. The average Bonchev–Trinajstić information content (AvgIpc) is 3.53. The van der Waals surface area contributed by atoms with Gasteiger partial charge in [0.2, 0.25) is 11.7 Å². The lowest BCUT2D eigenvalue weighted by atomic mass is 10.1. The number of aryl methyl sites for hydroxylation is 1. The summed E-state index contributed by atoms with van der Waals surface area (Å²) in [5.74, 6) is 4.48. The fourth-order valence-corrected chi connectivity index (χ4v) is 3.77. The Kier molecular flexibility index (Phi) is 4.59. The van der Waals surface area contributed by atoms with Crippen molar-refractivity contribution in [2.75, 3.05) is 11.1 Å². The first-order valence-corrected chi connectivity index (χ1v) is 10.2. The molecule has 32 heavy (non-hydrogen) atoms. The maximum Gasteiger partial charge on any atom is 0.262 e. The van der Waals surface area contributed by atoms with E-state index in [1.807, 2.05) is 6.92 Å². The number of fused-ring (bicyclic) bond motifs is 1. The summed E-state index contributed by atoms with van der Waals surface area (Å²) in [6.07, 6.45) is 8.81. The molecule has 0 aliphatic heterocycles. The first kappa shape index (κ1) is 19.7. The van der Waals surface area contributed by atoms with E-state index in [-0.39, 0.29) is 29.3 Å². The number of rotatable bonds is 5. The molecular weight excluding hydrogens is 408 g/mol. The van der Waals surface area contributed by atoms with Crippen LogP contribution in [0, 0.1) is 19.3 Å². The second-order valence-electron chi connectivity index (χ2n) is 7.71. The second kappa shape index (κ2) is 7.46. The molecule has 10 nitrogen and oxygen atoms in total. The molecule has 0 spiro atoms. The Morgan fingerprint density at radius 2 is 2.12 bits per heavy atom. The van der Waals surface area contributed by atoms with E-state index >= 15 is 0 Å². The molecule has 1 fully saturated rings. The van der Waals surface area contributed by atoms with Crippen molar-refractivity contribution in [3.05, 3.63) is 52.2 Å². The second-order valence-corrected chi connectivity index (χ2v) is 7.71. The molecule has 0 radical (unpaired) electrons. The summed E-state index contributed by atoms with van der Waals surface area (Å²) in [6.45, 7) is 3.59. The molecule has 3 aromatic heterocycles. The summed E-state index contributed by atoms with van der Waals surface area (Å²) in [7, 11) is 0. The van der Waals surface area contributed by atoms with Gasteiger partial charge >= 0.3 is 0 Å². The number of aromatic nitrogens is 6. The molecule has 0 amide bonds. The highest BCUT2D eigenvalue weighted by atomic mass is 16.5. The highest BCUT2D eigenvalue weighted by molar-refractivity contribution is 5.84. The number of nitrogens with one attached hydrogen (secondary N) is 1. The summed E-state index contributed by atoms with van der Waals surface area (Å²) >= 11 is 0. The van der Waals surface area contributed by atoms with Gasteiger partial charge in [-0.15, -0.1) is 6.42 Å². The van der Waals surface area contributed by atoms with Crippen molar-refractivity contribution in [3.8, 4) is 23.7 Å². The number of nitrogens with two attached hydrogens (primary N) is 1. The molecule has 0 bridgehead atoms. The van der Waals surface area contributed by atoms with E-state index in [4.69, 9.17) is 21.7 Å². The van der Waals surface area contributed by atoms with Crippen LogP contribution in [-0.2, 0) is 0 Å². The zero-order chi connectivity index (χ0) is 22.4. The Bertz CT molecular complexity index is 1440. The molecule has 1 saturated carbocycles. The quantitative estimate of drug-likeness (QED) is 0.459. The van der Waals surface area contributed by atoms with Crippen LogP contribution in [0.1, 0.15) is 49.1 Å². The molecule has 1 aliphatic rings. The number of hydrogen-bond acceptors (Lipinski definition) is 9. The van der Waals surface area contributed by atoms with Crippen LogP contribution < -0.4 is 16.6 Å². The van der Waals surface area contributed by atoms with Gasteiger partial charge in [0.25, 0.3) is 5.56 Å². The van der Waals surface area contributed by atoms with Crippen LogP contribution in [0.3, 0.4) is 0 Å². The Labute approximate surface area is 182 Å².